The lowest BCUT2D eigenvalue weighted by molar-refractivity contribution is 0.564. The second kappa shape index (κ2) is 5.65. The van der Waals surface area contributed by atoms with Gasteiger partial charge < -0.3 is 5.73 Å². The summed E-state index contributed by atoms with van der Waals surface area (Å²) in [4.78, 5) is 3.95. The van der Waals surface area contributed by atoms with Crippen LogP contribution in [0.15, 0.2) is 36.5 Å². The second-order valence-electron chi connectivity index (χ2n) is 3.89. The summed E-state index contributed by atoms with van der Waals surface area (Å²) in [5.74, 6) is -0.414. The normalized spacial score (nSPS) is 12.4. The zero-order chi connectivity index (χ0) is 13.1. The molecule has 1 aromatic heterocycles. The highest BCUT2D eigenvalue weighted by atomic mass is 35.5. The molecule has 0 saturated carbocycles. The minimum atomic E-state index is -0.554. The van der Waals surface area contributed by atoms with E-state index in [0.29, 0.717) is 16.5 Å². The van der Waals surface area contributed by atoms with E-state index in [9.17, 15) is 4.39 Å². The molecule has 0 aliphatic rings. The van der Waals surface area contributed by atoms with E-state index in [1.54, 1.807) is 12.1 Å². The highest BCUT2D eigenvalue weighted by Crippen LogP contribution is 2.28. The summed E-state index contributed by atoms with van der Waals surface area (Å²) in [6.07, 6.45) is 1.89. The Balaban J connectivity index is 2.24. The molecule has 0 radical (unpaired) electrons. The second-order valence-corrected chi connectivity index (χ2v) is 4.68. The number of nitrogens with two attached hydrogens (primary N) is 1. The number of halogens is 3. The van der Waals surface area contributed by atoms with Crippen molar-refractivity contribution in [2.24, 2.45) is 5.73 Å². The third-order valence-electron chi connectivity index (χ3n) is 2.61. The molecule has 2 rings (SSSR count). The van der Waals surface area contributed by atoms with Crippen molar-refractivity contribution in [3.05, 3.63) is 63.6 Å². The van der Waals surface area contributed by atoms with E-state index in [2.05, 4.69) is 4.98 Å². The molecule has 1 heterocycles. The fourth-order valence-electron chi connectivity index (χ4n) is 1.71. The van der Waals surface area contributed by atoms with Crippen LogP contribution in [0.5, 0.6) is 0 Å². The lowest BCUT2D eigenvalue weighted by Crippen LogP contribution is -2.16. The number of aromatic nitrogens is 1. The SMILES string of the molecule is NC(Cc1cccc(Cl)c1Cl)c1ncccc1F. The van der Waals surface area contributed by atoms with Crippen LogP contribution in [0, 0.1) is 5.82 Å². The lowest BCUT2D eigenvalue weighted by atomic mass is 10.0. The molecule has 2 aromatic rings. The van der Waals surface area contributed by atoms with Gasteiger partial charge in [0.1, 0.15) is 5.82 Å². The molecule has 2 nitrogen and oxygen atoms in total. The number of pyridine rings is 1. The standard InChI is InChI=1S/C13H11Cl2FN2/c14-9-4-1-3-8(12(9)15)7-11(17)13-10(16)5-2-6-18-13/h1-6,11H,7,17H2. The van der Waals surface area contributed by atoms with Crippen LogP contribution in [0.1, 0.15) is 17.3 Å². The maximum atomic E-state index is 13.5. The number of hydrogen-bond acceptors (Lipinski definition) is 2. The molecule has 5 heteroatoms. The first-order valence-corrected chi connectivity index (χ1v) is 6.14. The Morgan fingerprint density at radius 2 is 2.00 bits per heavy atom. The highest BCUT2D eigenvalue weighted by molar-refractivity contribution is 6.42. The van der Waals surface area contributed by atoms with Crippen molar-refractivity contribution in [3.63, 3.8) is 0 Å². The van der Waals surface area contributed by atoms with Gasteiger partial charge in [-0.05, 0) is 30.2 Å². The molecule has 0 aliphatic carbocycles. The summed E-state index contributed by atoms with van der Waals surface area (Å²) >= 11 is 12.0. The van der Waals surface area contributed by atoms with E-state index in [4.69, 9.17) is 28.9 Å². The first kappa shape index (κ1) is 13.3. The Morgan fingerprint density at radius 1 is 1.22 bits per heavy atom. The van der Waals surface area contributed by atoms with Gasteiger partial charge in [0, 0.05) is 6.20 Å². The predicted octanol–water partition coefficient (Wildman–Crippen LogP) is 3.77. The third-order valence-corrected chi connectivity index (χ3v) is 3.47. The third kappa shape index (κ3) is 2.80. The van der Waals surface area contributed by atoms with Crippen LogP contribution in [-0.2, 0) is 6.42 Å². The van der Waals surface area contributed by atoms with Gasteiger partial charge in [-0.25, -0.2) is 4.39 Å². The fraction of sp³-hybridized carbons (Fsp3) is 0.154. The molecule has 0 saturated heterocycles. The molecule has 0 amide bonds. The number of hydrogen-bond donors (Lipinski definition) is 1. The molecule has 1 unspecified atom stereocenters. The Hall–Kier alpha value is -1.16. The zero-order valence-corrected chi connectivity index (χ0v) is 10.9. The molecule has 1 atom stereocenters. The Labute approximate surface area is 115 Å². The molecule has 0 bridgehead atoms. The quantitative estimate of drug-likeness (QED) is 0.932. The average Bonchev–Trinajstić information content (AvgIpc) is 2.35. The van der Waals surface area contributed by atoms with Gasteiger partial charge in [-0.3, -0.25) is 4.98 Å². The molecular weight excluding hydrogens is 274 g/mol. The van der Waals surface area contributed by atoms with E-state index in [1.165, 1.54) is 18.3 Å². The van der Waals surface area contributed by atoms with Crippen molar-refractivity contribution < 1.29 is 4.39 Å². The lowest BCUT2D eigenvalue weighted by Gasteiger charge is -2.13. The van der Waals surface area contributed by atoms with Gasteiger partial charge in [0.25, 0.3) is 0 Å². The average molecular weight is 285 g/mol. The summed E-state index contributed by atoms with van der Waals surface area (Å²) in [6.45, 7) is 0. The van der Waals surface area contributed by atoms with Gasteiger partial charge in [-0.2, -0.15) is 0 Å². The van der Waals surface area contributed by atoms with Gasteiger partial charge in [-0.1, -0.05) is 35.3 Å². The predicted molar refractivity (Wildman–Crippen MR) is 71.3 cm³/mol. The Bertz CT molecular complexity index is 560. The van der Waals surface area contributed by atoms with Crippen molar-refractivity contribution in [3.8, 4) is 0 Å². The van der Waals surface area contributed by atoms with Gasteiger partial charge >= 0.3 is 0 Å². The summed E-state index contributed by atoms with van der Waals surface area (Å²) in [6, 6.07) is 7.60. The maximum absolute atomic E-state index is 13.5. The van der Waals surface area contributed by atoms with Crippen LogP contribution in [0.4, 0.5) is 4.39 Å². The first-order chi connectivity index (χ1) is 8.59. The van der Waals surface area contributed by atoms with E-state index in [-0.39, 0.29) is 5.69 Å². The van der Waals surface area contributed by atoms with Crippen molar-refractivity contribution in [1.82, 2.24) is 4.98 Å². The smallest absolute Gasteiger partial charge is 0.146 e. The van der Waals surface area contributed by atoms with Crippen molar-refractivity contribution >= 4 is 23.2 Å². The molecule has 1 aromatic carbocycles. The minimum absolute atomic E-state index is 0.230. The van der Waals surface area contributed by atoms with Crippen molar-refractivity contribution in [1.29, 1.82) is 0 Å². The molecular formula is C13H11Cl2FN2. The van der Waals surface area contributed by atoms with Crippen LogP contribution in [0.3, 0.4) is 0 Å². The van der Waals surface area contributed by atoms with Gasteiger partial charge in [0.2, 0.25) is 0 Å². The van der Waals surface area contributed by atoms with Gasteiger partial charge in [-0.15, -0.1) is 0 Å². The Morgan fingerprint density at radius 3 is 2.72 bits per heavy atom. The molecule has 0 fully saturated rings. The Kier molecular flexibility index (Phi) is 4.17. The summed E-state index contributed by atoms with van der Waals surface area (Å²) < 4.78 is 13.5. The number of benzene rings is 1. The van der Waals surface area contributed by atoms with E-state index < -0.39 is 11.9 Å². The first-order valence-electron chi connectivity index (χ1n) is 5.38. The number of rotatable bonds is 3. The number of nitrogens with zero attached hydrogens (tertiary/aromatic N) is 1. The topological polar surface area (TPSA) is 38.9 Å². The summed E-state index contributed by atoms with van der Waals surface area (Å²) in [5.41, 5.74) is 6.95. The van der Waals surface area contributed by atoms with Gasteiger partial charge in [0.15, 0.2) is 0 Å². The zero-order valence-electron chi connectivity index (χ0n) is 9.41. The van der Waals surface area contributed by atoms with Crippen LogP contribution in [-0.4, -0.2) is 4.98 Å². The molecule has 94 valence electrons. The molecule has 18 heavy (non-hydrogen) atoms. The summed E-state index contributed by atoms with van der Waals surface area (Å²) in [7, 11) is 0. The van der Waals surface area contributed by atoms with Crippen LogP contribution in [0.25, 0.3) is 0 Å². The van der Waals surface area contributed by atoms with Crippen LogP contribution < -0.4 is 5.73 Å². The highest BCUT2D eigenvalue weighted by Gasteiger charge is 2.15. The molecule has 2 N–H and O–H groups in total. The minimum Gasteiger partial charge on any atom is -0.322 e. The largest absolute Gasteiger partial charge is 0.322 e. The van der Waals surface area contributed by atoms with Crippen LogP contribution >= 0.6 is 23.2 Å². The molecule has 0 spiro atoms. The van der Waals surface area contributed by atoms with E-state index >= 15 is 0 Å². The fourth-order valence-corrected chi connectivity index (χ4v) is 2.11. The maximum Gasteiger partial charge on any atom is 0.146 e. The monoisotopic (exact) mass is 284 g/mol. The van der Waals surface area contributed by atoms with Gasteiger partial charge in [0.05, 0.1) is 21.8 Å². The van der Waals surface area contributed by atoms with Crippen LogP contribution in [0.2, 0.25) is 10.0 Å². The molecule has 0 aliphatic heterocycles. The van der Waals surface area contributed by atoms with E-state index in [0.717, 1.165) is 5.56 Å². The van der Waals surface area contributed by atoms with Crippen molar-refractivity contribution in [2.45, 2.75) is 12.5 Å². The van der Waals surface area contributed by atoms with Crippen molar-refractivity contribution in [2.75, 3.05) is 0 Å². The van der Waals surface area contributed by atoms with E-state index in [1.807, 2.05) is 6.07 Å². The summed E-state index contributed by atoms with van der Waals surface area (Å²) in [5, 5.41) is 0.911.